The number of nitrogens with zero attached hydrogens (tertiary/aromatic N) is 2. The fourth-order valence-corrected chi connectivity index (χ4v) is 4.67. The predicted molar refractivity (Wildman–Crippen MR) is 149 cm³/mol. The highest BCUT2D eigenvalue weighted by molar-refractivity contribution is 6.46. The van der Waals surface area contributed by atoms with E-state index in [1.165, 1.54) is 0 Å². The van der Waals surface area contributed by atoms with Gasteiger partial charge in [-0.2, -0.15) is 0 Å². The van der Waals surface area contributed by atoms with Gasteiger partial charge in [0.15, 0.2) is 0 Å². The minimum absolute atomic E-state index is 0.0317. The highest BCUT2D eigenvalue weighted by atomic mass is 16.5. The number of likely N-dealkylation sites (N-methyl/N-ethyl adjacent to an activating group) is 1. The Kier molecular flexibility index (Phi) is 8.98. The van der Waals surface area contributed by atoms with Gasteiger partial charge in [0.1, 0.15) is 18.1 Å². The molecule has 0 aliphatic carbocycles. The van der Waals surface area contributed by atoms with Crippen molar-refractivity contribution in [3.05, 3.63) is 82.9 Å². The lowest BCUT2D eigenvalue weighted by atomic mass is 9.85. The van der Waals surface area contributed by atoms with E-state index in [1.807, 2.05) is 31.2 Å². The first kappa shape index (κ1) is 28.2. The van der Waals surface area contributed by atoms with Gasteiger partial charge < -0.3 is 19.6 Å². The Morgan fingerprint density at radius 2 is 1.76 bits per heavy atom. The van der Waals surface area contributed by atoms with Crippen LogP contribution in [0, 0.1) is 6.92 Å². The third-order valence-corrected chi connectivity index (χ3v) is 6.99. The second-order valence-electron chi connectivity index (χ2n) is 10.5. The molecule has 0 spiro atoms. The smallest absolute Gasteiger partial charge is 0.295 e. The molecule has 0 radical (unpaired) electrons. The summed E-state index contributed by atoms with van der Waals surface area (Å²) in [6, 6.07) is 12.6. The minimum atomic E-state index is -0.665. The Hall–Kier alpha value is -3.38. The highest BCUT2D eigenvalue weighted by Crippen LogP contribution is 2.40. The third kappa shape index (κ3) is 6.13. The first-order valence-corrected chi connectivity index (χ1v) is 13.0. The van der Waals surface area contributed by atoms with E-state index in [4.69, 9.17) is 4.74 Å². The summed E-state index contributed by atoms with van der Waals surface area (Å²) in [6.45, 7) is 19.2. The van der Waals surface area contributed by atoms with Gasteiger partial charge >= 0.3 is 0 Å². The van der Waals surface area contributed by atoms with Crippen LogP contribution in [0.5, 0.6) is 5.75 Å². The van der Waals surface area contributed by atoms with Crippen LogP contribution in [0.15, 0.2) is 60.7 Å². The molecule has 1 N–H and O–H groups in total. The van der Waals surface area contributed by atoms with Crippen molar-refractivity contribution in [3.63, 3.8) is 0 Å². The summed E-state index contributed by atoms with van der Waals surface area (Å²) < 4.78 is 5.66. The number of benzene rings is 2. The Bertz CT molecular complexity index is 1170. The third-order valence-electron chi connectivity index (χ3n) is 6.99. The maximum absolute atomic E-state index is 13.4. The predicted octanol–water partition coefficient (Wildman–Crippen LogP) is 5.62. The number of amides is 1. The molecule has 0 bridgehead atoms. The van der Waals surface area contributed by atoms with Crippen LogP contribution in [0.3, 0.4) is 0 Å². The number of ketones is 1. The lowest BCUT2D eigenvalue weighted by Crippen LogP contribution is -2.38. The molecule has 1 fully saturated rings. The zero-order chi connectivity index (χ0) is 27.3. The molecule has 1 unspecified atom stereocenters. The molecule has 6 nitrogen and oxygen atoms in total. The molecule has 37 heavy (non-hydrogen) atoms. The van der Waals surface area contributed by atoms with Gasteiger partial charge in [-0.3, -0.25) is 9.59 Å². The van der Waals surface area contributed by atoms with Crippen LogP contribution >= 0.6 is 0 Å². The van der Waals surface area contributed by atoms with Gasteiger partial charge in [-0.15, -0.1) is 0 Å². The Balaban J connectivity index is 2.10. The van der Waals surface area contributed by atoms with Crippen LogP contribution in [0.2, 0.25) is 0 Å². The molecular formula is C31H40N2O4. The number of carbonyl (C=O) groups is 2. The minimum Gasteiger partial charge on any atom is -0.507 e. The molecular weight excluding hydrogens is 464 g/mol. The summed E-state index contributed by atoms with van der Waals surface area (Å²) in [4.78, 5) is 30.4. The maximum atomic E-state index is 13.4. The molecule has 1 amide bonds. The summed E-state index contributed by atoms with van der Waals surface area (Å²) in [6.07, 6.45) is 1.66. The van der Waals surface area contributed by atoms with Crippen molar-refractivity contribution >= 4 is 17.4 Å². The number of likely N-dealkylation sites (tertiary alicyclic amines) is 1. The number of Topliss-reactive ketones (excluding diaryl/α,β-unsaturated/α-hetero) is 1. The van der Waals surface area contributed by atoms with Gasteiger partial charge in [0.25, 0.3) is 11.7 Å². The number of rotatable bonds is 10. The molecule has 0 saturated carbocycles. The topological polar surface area (TPSA) is 70.1 Å². The van der Waals surface area contributed by atoms with Crippen molar-refractivity contribution in [3.8, 4) is 5.75 Å². The van der Waals surface area contributed by atoms with Crippen LogP contribution in [-0.2, 0) is 15.0 Å². The molecule has 2 aromatic carbocycles. The fraction of sp³-hybridized carbons (Fsp3) is 0.419. The van der Waals surface area contributed by atoms with Gasteiger partial charge in [0.05, 0.1) is 11.6 Å². The molecule has 1 aliphatic heterocycles. The Morgan fingerprint density at radius 1 is 1.11 bits per heavy atom. The zero-order valence-electron chi connectivity index (χ0n) is 23.0. The first-order chi connectivity index (χ1) is 17.5. The van der Waals surface area contributed by atoms with E-state index < -0.39 is 17.7 Å². The van der Waals surface area contributed by atoms with E-state index in [2.05, 4.69) is 46.1 Å². The zero-order valence-corrected chi connectivity index (χ0v) is 23.0. The summed E-state index contributed by atoms with van der Waals surface area (Å²) in [7, 11) is 0. The second kappa shape index (κ2) is 11.8. The van der Waals surface area contributed by atoms with Crippen molar-refractivity contribution in [1.29, 1.82) is 0 Å². The van der Waals surface area contributed by atoms with Crippen molar-refractivity contribution in [2.45, 2.75) is 53.0 Å². The Morgan fingerprint density at radius 3 is 2.30 bits per heavy atom. The molecule has 1 saturated heterocycles. The quantitative estimate of drug-likeness (QED) is 0.197. The Labute approximate surface area is 221 Å². The van der Waals surface area contributed by atoms with Crippen LogP contribution in [-0.4, -0.2) is 59.4 Å². The average molecular weight is 505 g/mol. The van der Waals surface area contributed by atoms with E-state index in [-0.39, 0.29) is 16.7 Å². The summed E-state index contributed by atoms with van der Waals surface area (Å²) in [5.41, 5.74) is 3.33. The van der Waals surface area contributed by atoms with E-state index >= 15 is 0 Å². The average Bonchev–Trinajstić information content (AvgIpc) is 3.12. The van der Waals surface area contributed by atoms with Crippen molar-refractivity contribution in [2.75, 3.05) is 32.8 Å². The lowest BCUT2D eigenvalue weighted by Gasteiger charge is -2.28. The maximum Gasteiger partial charge on any atom is 0.295 e. The number of carbonyl (C=O) groups excluding carboxylic acids is 2. The van der Waals surface area contributed by atoms with Gasteiger partial charge in [-0.1, -0.05) is 71.5 Å². The molecule has 198 valence electrons. The van der Waals surface area contributed by atoms with Gasteiger partial charge in [0.2, 0.25) is 0 Å². The molecule has 6 heteroatoms. The van der Waals surface area contributed by atoms with Crippen molar-refractivity contribution < 1.29 is 19.4 Å². The van der Waals surface area contributed by atoms with Gasteiger partial charge in [0, 0.05) is 18.7 Å². The molecule has 2 aromatic rings. The van der Waals surface area contributed by atoms with E-state index in [0.29, 0.717) is 31.0 Å². The van der Waals surface area contributed by atoms with Gasteiger partial charge in [-0.25, -0.2) is 0 Å². The number of aliphatic hydroxyl groups is 1. The highest BCUT2D eigenvalue weighted by Gasteiger charge is 2.46. The van der Waals surface area contributed by atoms with Crippen molar-refractivity contribution in [1.82, 2.24) is 9.80 Å². The molecule has 1 atom stereocenters. The normalized spacial score (nSPS) is 17.5. The van der Waals surface area contributed by atoms with Gasteiger partial charge in [-0.05, 0) is 60.3 Å². The van der Waals surface area contributed by atoms with Crippen LogP contribution in [0.1, 0.15) is 62.9 Å². The summed E-state index contributed by atoms with van der Waals surface area (Å²) >= 11 is 0. The first-order valence-electron chi connectivity index (χ1n) is 13.0. The van der Waals surface area contributed by atoms with E-state index in [0.717, 1.165) is 29.8 Å². The molecule has 0 aromatic heterocycles. The standard InChI is InChI=1S/C31H40N2O4/c1-8-19-37-25-16-13-23(20-21(25)4)28(34)26-27(22-11-14-24(15-12-22)31(5,6)7)33(30(36)29(26)35)18-17-32(9-2)10-3/h8,11-16,20,27,34H,1,9-10,17-19H2,2-7H3. The number of ether oxygens (including phenoxy) is 1. The summed E-state index contributed by atoms with van der Waals surface area (Å²) in [5, 5.41) is 11.4. The fourth-order valence-electron chi connectivity index (χ4n) is 4.67. The van der Waals surface area contributed by atoms with Crippen LogP contribution < -0.4 is 4.74 Å². The number of hydrogen-bond donors (Lipinski definition) is 1. The summed E-state index contributed by atoms with van der Waals surface area (Å²) in [5.74, 6) is -0.745. The van der Waals surface area contributed by atoms with E-state index in [9.17, 15) is 14.7 Å². The number of hydrogen-bond acceptors (Lipinski definition) is 5. The molecule has 1 heterocycles. The SMILES string of the molecule is C=CCOc1ccc(C(O)=C2C(=O)C(=O)N(CCN(CC)CC)C2c2ccc(C(C)(C)C)cc2)cc1C. The van der Waals surface area contributed by atoms with Crippen LogP contribution in [0.4, 0.5) is 0 Å². The monoisotopic (exact) mass is 504 g/mol. The van der Waals surface area contributed by atoms with Crippen molar-refractivity contribution in [2.24, 2.45) is 0 Å². The molecule has 1 aliphatic rings. The van der Waals surface area contributed by atoms with Crippen LogP contribution in [0.25, 0.3) is 5.76 Å². The number of aryl methyl sites for hydroxylation is 1. The molecule has 3 rings (SSSR count). The number of aliphatic hydroxyl groups excluding tert-OH is 1. The largest absolute Gasteiger partial charge is 0.507 e. The lowest BCUT2D eigenvalue weighted by molar-refractivity contribution is -0.140. The van der Waals surface area contributed by atoms with E-state index in [1.54, 1.807) is 29.2 Å². The second-order valence-corrected chi connectivity index (χ2v) is 10.5.